The first-order valence-corrected chi connectivity index (χ1v) is 10.6. The highest BCUT2D eigenvalue weighted by Gasteiger charge is 2.33. The van der Waals surface area contributed by atoms with E-state index < -0.39 is 6.09 Å². The summed E-state index contributed by atoms with van der Waals surface area (Å²) in [6.45, 7) is 4.31. The molecule has 8 nitrogen and oxygen atoms in total. The van der Waals surface area contributed by atoms with Crippen LogP contribution in [0.3, 0.4) is 0 Å². The Morgan fingerprint density at radius 2 is 1.52 bits per heavy atom. The Bertz CT molecular complexity index is 1110. The normalized spacial score (nSPS) is 17.5. The van der Waals surface area contributed by atoms with Crippen LogP contribution in [0.2, 0.25) is 0 Å². The second-order valence-electron chi connectivity index (χ2n) is 8.46. The number of hydrogen-bond acceptors (Lipinski definition) is 7. The van der Waals surface area contributed by atoms with Crippen molar-refractivity contribution >= 4 is 12.4 Å². The van der Waals surface area contributed by atoms with Crippen LogP contribution in [0.15, 0.2) is 60.7 Å². The van der Waals surface area contributed by atoms with Crippen molar-refractivity contribution in [2.45, 2.75) is 44.3 Å². The third kappa shape index (κ3) is 5.28. The van der Waals surface area contributed by atoms with E-state index in [1.807, 2.05) is 36.4 Å². The molecule has 1 saturated carbocycles. The van der Waals surface area contributed by atoms with Crippen LogP contribution in [0.4, 0.5) is 4.79 Å². The summed E-state index contributed by atoms with van der Waals surface area (Å²) >= 11 is 0. The zero-order chi connectivity index (χ0) is 23.4. The topological polar surface area (TPSA) is 114 Å². The zero-order valence-electron chi connectivity index (χ0n) is 18.4. The van der Waals surface area contributed by atoms with E-state index in [0.717, 1.165) is 16.9 Å². The fraction of sp³-hybridized carbons (Fsp3) is 0.280. The van der Waals surface area contributed by atoms with E-state index in [9.17, 15) is 9.59 Å². The average molecular weight is 447 g/mol. The Labute approximate surface area is 191 Å². The average Bonchev–Trinajstić information content (AvgIpc) is 2.78. The molecule has 2 N–H and O–H groups in total. The van der Waals surface area contributed by atoms with Gasteiger partial charge in [0.05, 0.1) is 0 Å². The largest absolute Gasteiger partial charge is 0.490 e. The number of hydrogen-bond donors (Lipinski definition) is 1. The maximum atomic E-state index is 10.8. The van der Waals surface area contributed by atoms with Gasteiger partial charge >= 0.3 is 6.09 Å². The van der Waals surface area contributed by atoms with Crippen molar-refractivity contribution in [3.05, 3.63) is 77.5 Å². The summed E-state index contributed by atoms with van der Waals surface area (Å²) in [5, 5.41) is 7.64. The maximum Gasteiger partial charge on any atom is 0.404 e. The summed E-state index contributed by atoms with van der Waals surface area (Å²) in [6.07, 6.45) is 1.07. The van der Waals surface area contributed by atoms with Crippen LogP contribution >= 0.6 is 0 Å². The van der Waals surface area contributed by atoms with Crippen LogP contribution in [0.25, 0.3) is 0 Å². The molecule has 1 aliphatic rings. The van der Waals surface area contributed by atoms with E-state index in [0.29, 0.717) is 30.8 Å². The van der Waals surface area contributed by atoms with Gasteiger partial charge < -0.3 is 19.9 Å². The Morgan fingerprint density at radius 3 is 2.03 bits per heavy atom. The number of aldehydes is 1. The Balaban J connectivity index is 1.37. The molecule has 1 aromatic heterocycles. The predicted molar refractivity (Wildman–Crippen MR) is 121 cm³/mol. The number of benzene rings is 2. The molecule has 4 rings (SSSR count). The molecule has 0 bridgehead atoms. The molecule has 1 heterocycles. The SMILES string of the molecule is CC(C)(c1ccc(Oc2ccc(C=O)nn2)cc1)c1ccc(OC2CC(OC(N)=O)C2)cc1. The Kier molecular flexibility index (Phi) is 6.26. The summed E-state index contributed by atoms with van der Waals surface area (Å²) < 4.78 is 16.6. The molecule has 0 aliphatic heterocycles. The van der Waals surface area contributed by atoms with Gasteiger partial charge in [-0.3, -0.25) is 4.79 Å². The molecule has 0 radical (unpaired) electrons. The highest BCUT2D eigenvalue weighted by atomic mass is 16.6. The molecule has 1 amide bonds. The molecule has 1 fully saturated rings. The third-order valence-corrected chi connectivity index (χ3v) is 5.79. The monoisotopic (exact) mass is 447 g/mol. The number of ether oxygens (including phenoxy) is 3. The number of aromatic nitrogens is 2. The van der Waals surface area contributed by atoms with Gasteiger partial charge in [-0.1, -0.05) is 38.1 Å². The molecule has 0 saturated heterocycles. The second-order valence-corrected chi connectivity index (χ2v) is 8.46. The van der Waals surface area contributed by atoms with Crippen LogP contribution in [0, 0.1) is 0 Å². The fourth-order valence-electron chi connectivity index (χ4n) is 3.69. The minimum atomic E-state index is -0.744. The lowest BCUT2D eigenvalue weighted by Gasteiger charge is -2.34. The number of nitrogens with zero attached hydrogens (tertiary/aromatic N) is 2. The van der Waals surface area contributed by atoms with Crippen molar-refractivity contribution in [1.82, 2.24) is 10.2 Å². The van der Waals surface area contributed by atoms with Crippen LogP contribution in [0.1, 0.15) is 48.3 Å². The quantitative estimate of drug-likeness (QED) is 0.509. The molecule has 2 aromatic carbocycles. The highest BCUT2D eigenvalue weighted by Crippen LogP contribution is 2.35. The predicted octanol–water partition coefficient (Wildman–Crippen LogP) is 4.41. The Hall–Kier alpha value is -3.94. The highest BCUT2D eigenvalue weighted by molar-refractivity contribution is 5.71. The summed E-state index contributed by atoms with van der Waals surface area (Å²) in [6, 6.07) is 19.0. The first-order chi connectivity index (χ1) is 15.8. The maximum absolute atomic E-state index is 10.8. The first kappa shape index (κ1) is 22.3. The molecule has 170 valence electrons. The summed E-state index contributed by atoms with van der Waals surface area (Å²) in [5.41, 5.74) is 7.31. The van der Waals surface area contributed by atoms with Crippen molar-refractivity contribution in [3.63, 3.8) is 0 Å². The van der Waals surface area contributed by atoms with Gasteiger partial charge in [-0.15, -0.1) is 10.2 Å². The van der Waals surface area contributed by atoms with Gasteiger partial charge in [0.15, 0.2) is 6.29 Å². The smallest absolute Gasteiger partial charge is 0.404 e. The Morgan fingerprint density at radius 1 is 0.909 bits per heavy atom. The number of carbonyl (C=O) groups excluding carboxylic acids is 2. The second kappa shape index (κ2) is 9.28. The van der Waals surface area contributed by atoms with Gasteiger partial charge in [0.1, 0.15) is 29.4 Å². The van der Waals surface area contributed by atoms with Crippen molar-refractivity contribution in [3.8, 4) is 17.4 Å². The molecule has 3 aromatic rings. The van der Waals surface area contributed by atoms with E-state index in [4.69, 9.17) is 19.9 Å². The number of primary amides is 1. The van der Waals surface area contributed by atoms with E-state index >= 15 is 0 Å². The molecule has 33 heavy (non-hydrogen) atoms. The van der Waals surface area contributed by atoms with Gasteiger partial charge in [0, 0.05) is 24.3 Å². The van der Waals surface area contributed by atoms with Crippen LogP contribution in [-0.2, 0) is 10.2 Å². The van der Waals surface area contributed by atoms with Gasteiger partial charge in [0.25, 0.3) is 0 Å². The number of rotatable bonds is 8. The molecule has 1 aliphatic carbocycles. The summed E-state index contributed by atoms with van der Waals surface area (Å²) in [4.78, 5) is 21.5. The summed E-state index contributed by atoms with van der Waals surface area (Å²) in [5.74, 6) is 1.73. The van der Waals surface area contributed by atoms with Gasteiger partial charge in [0.2, 0.25) is 5.88 Å². The molecular weight excluding hydrogens is 422 g/mol. The lowest BCUT2D eigenvalue weighted by Crippen LogP contribution is -2.41. The van der Waals surface area contributed by atoms with Crippen molar-refractivity contribution in [1.29, 1.82) is 0 Å². The van der Waals surface area contributed by atoms with E-state index in [1.165, 1.54) is 0 Å². The minimum absolute atomic E-state index is 0.0279. The summed E-state index contributed by atoms with van der Waals surface area (Å²) in [7, 11) is 0. The molecule has 0 atom stereocenters. The molecular formula is C25H25N3O5. The van der Waals surface area contributed by atoms with Crippen molar-refractivity contribution in [2.75, 3.05) is 0 Å². The van der Waals surface area contributed by atoms with Gasteiger partial charge in [-0.05, 0) is 41.5 Å². The standard InChI is InChI=1S/C25H25N3O5/c1-25(2,16-3-8-19(9-4-16)31-21-13-22(14-21)33-24(26)30)17-5-10-20(11-6-17)32-23-12-7-18(15-29)27-28-23/h3-12,15,21-22H,13-14H2,1-2H3,(H2,26,30). The number of nitrogens with two attached hydrogens (primary N) is 1. The number of carbonyl (C=O) groups is 2. The van der Waals surface area contributed by atoms with Crippen molar-refractivity contribution in [2.24, 2.45) is 5.73 Å². The third-order valence-electron chi connectivity index (χ3n) is 5.79. The van der Waals surface area contributed by atoms with E-state index in [2.05, 4.69) is 36.2 Å². The van der Waals surface area contributed by atoms with Crippen LogP contribution < -0.4 is 15.2 Å². The van der Waals surface area contributed by atoms with E-state index in [1.54, 1.807) is 12.1 Å². The van der Waals surface area contributed by atoms with Crippen molar-refractivity contribution < 1.29 is 23.8 Å². The number of amides is 1. The molecule has 0 unspecified atom stereocenters. The first-order valence-electron chi connectivity index (χ1n) is 10.6. The lowest BCUT2D eigenvalue weighted by atomic mass is 9.78. The van der Waals surface area contributed by atoms with Gasteiger partial charge in [-0.25, -0.2) is 4.79 Å². The minimum Gasteiger partial charge on any atom is -0.490 e. The zero-order valence-corrected chi connectivity index (χ0v) is 18.4. The van der Waals surface area contributed by atoms with Crippen LogP contribution in [-0.4, -0.2) is 34.8 Å². The van der Waals surface area contributed by atoms with Crippen LogP contribution in [0.5, 0.6) is 17.4 Å². The van der Waals surface area contributed by atoms with E-state index in [-0.39, 0.29) is 23.3 Å². The fourth-order valence-corrected chi connectivity index (χ4v) is 3.69. The molecule has 0 spiro atoms. The lowest BCUT2D eigenvalue weighted by molar-refractivity contribution is -0.0197. The van der Waals surface area contributed by atoms with Gasteiger partial charge in [-0.2, -0.15) is 0 Å². The molecule has 8 heteroatoms.